The minimum absolute atomic E-state index is 0.0286. The zero-order valence-corrected chi connectivity index (χ0v) is 11.3. The van der Waals surface area contributed by atoms with Crippen molar-refractivity contribution in [1.29, 1.82) is 0 Å². The van der Waals surface area contributed by atoms with Crippen LogP contribution in [-0.2, 0) is 9.53 Å². The molecule has 1 rings (SSSR count). The number of nitrogens with two attached hydrogens (primary N) is 1. The largest absolute Gasteiger partial charge is 0.366 e. The Morgan fingerprint density at radius 2 is 2.12 bits per heavy atom. The molecule has 1 fully saturated rings. The average molecular weight is 242 g/mol. The Morgan fingerprint density at radius 1 is 1.41 bits per heavy atom. The van der Waals surface area contributed by atoms with E-state index in [1.54, 1.807) is 0 Å². The van der Waals surface area contributed by atoms with Gasteiger partial charge in [-0.25, -0.2) is 0 Å². The molecule has 4 nitrogen and oxygen atoms in total. The van der Waals surface area contributed by atoms with Crippen molar-refractivity contribution in [2.45, 2.75) is 58.1 Å². The molecule has 1 aliphatic carbocycles. The highest BCUT2D eigenvalue weighted by atomic mass is 16.5. The minimum Gasteiger partial charge on any atom is -0.366 e. The molecule has 0 aromatic carbocycles. The maximum absolute atomic E-state index is 11.5. The van der Waals surface area contributed by atoms with Crippen LogP contribution >= 0.6 is 0 Å². The molecule has 0 aromatic heterocycles. The highest BCUT2D eigenvalue weighted by Gasteiger charge is 2.20. The summed E-state index contributed by atoms with van der Waals surface area (Å²) >= 11 is 0. The normalized spacial score (nSPS) is 25.6. The molecule has 0 heterocycles. The summed E-state index contributed by atoms with van der Waals surface area (Å²) < 4.78 is 5.42. The number of amides is 1. The third-order valence-electron chi connectivity index (χ3n) is 3.05. The Labute approximate surface area is 104 Å². The van der Waals surface area contributed by atoms with E-state index < -0.39 is 0 Å². The van der Waals surface area contributed by atoms with Gasteiger partial charge in [0.05, 0.1) is 5.60 Å². The van der Waals surface area contributed by atoms with Crippen molar-refractivity contribution < 1.29 is 9.53 Å². The van der Waals surface area contributed by atoms with Crippen LogP contribution in [0.25, 0.3) is 0 Å². The molecule has 1 saturated carbocycles. The number of hydrogen-bond donors (Lipinski definition) is 2. The summed E-state index contributed by atoms with van der Waals surface area (Å²) in [6.07, 6.45) is 4.51. The maximum atomic E-state index is 11.5. The van der Waals surface area contributed by atoms with Gasteiger partial charge < -0.3 is 15.8 Å². The van der Waals surface area contributed by atoms with E-state index in [9.17, 15) is 4.79 Å². The monoisotopic (exact) mass is 242 g/mol. The van der Waals surface area contributed by atoms with E-state index in [-0.39, 0.29) is 18.1 Å². The van der Waals surface area contributed by atoms with E-state index in [0.29, 0.717) is 12.0 Å². The molecule has 0 aliphatic heterocycles. The van der Waals surface area contributed by atoms with Crippen LogP contribution in [0.15, 0.2) is 0 Å². The Bertz CT molecular complexity index is 248. The molecule has 0 aromatic rings. The van der Waals surface area contributed by atoms with Crippen LogP contribution in [0.3, 0.4) is 0 Å². The van der Waals surface area contributed by atoms with Crippen LogP contribution < -0.4 is 11.1 Å². The molecule has 100 valence electrons. The van der Waals surface area contributed by atoms with Crippen molar-refractivity contribution >= 4 is 5.91 Å². The SMILES string of the molecule is CC(C)(C)OCC(=O)NCC1CCCC(N)C1. The molecule has 4 heteroatoms. The van der Waals surface area contributed by atoms with Gasteiger partial charge in [0.1, 0.15) is 6.61 Å². The fraction of sp³-hybridized carbons (Fsp3) is 0.923. The second kappa shape index (κ2) is 6.36. The first-order valence-electron chi connectivity index (χ1n) is 6.53. The van der Waals surface area contributed by atoms with Crippen LogP contribution in [0, 0.1) is 5.92 Å². The topological polar surface area (TPSA) is 64.3 Å². The number of rotatable bonds is 4. The van der Waals surface area contributed by atoms with Gasteiger partial charge in [0, 0.05) is 12.6 Å². The van der Waals surface area contributed by atoms with Gasteiger partial charge in [-0.1, -0.05) is 6.42 Å². The first kappa shape index (κ1) is 14.5. The van der Waals surface area contributed by atoms with Gasteiger partial charge in [-0.3, -0.25) is 4.79 Å². The smallest absolute Gasteiger partial charge is 0.246 e. The van der Waals surface area contributed by atoms with Gasteiger partial charge in [-0.2, -0.15) is 0 Å². The lowest BCUT2D eigenvalue weighted by Crippen LogP contribution is -2.38. The maximum Gasteiger partial charge on any atom is 0.246 e. The van der Waals surface area contributed by atoms with Gasteiger partial charge in [-0.15, -0.1) is 0 Å². The molecule has 2 atom stereocenters. The van der Waals surface area contributed by atoms with Crippen LogP contribution in [-0.4, -0.2) is 30.7 Å². The quantitative estimate of drug-likeness (QED) is 0.784. The number of hydrogen-bond acceptors (Lipinski definition) is 3. The highest BCUT2D eigenvalue weighted by molar-refractivity contribution is 5.77. The van der Waals surface area contributed by atoms with E-state index in [1.807, 2.05) is 20.8 Å². The molecule has 0 bridgehead atoms. The van der Waals surface area contributed by atoms with Crippen LogP contribution in [0.2, 0.25) is 0 Å². The number of nitrogens with one attached hydrogen (secondary N) is 1. The Hall–Kier alpha value is -0.610. The zero-order chi connectivity index (χ0) is 12.9. The number of carbonyl (C=O) groups excluding carboxylic acids is 1. The van der Waals surface area contributed by atoms with Gasteiger partial charge in [0.15, 0.2) is 0 Å². The number of carbonyl (C=O) groups is 1. The Kier molecular flexibility index (Phi) is 5.40. The van der Waals surface area contributed by atoms with Crippen molar-refractivity contribution in [2.75, 3.05) is 13.2 Å². The summed E-state index contributed by atoms with van der Waals surface area (Å²) in [7, 11) is 0. The van der Waals surface area contributed by atoms with Crippen molar-refractivity contribution in [3.63, 3.8) is 0 Å². The van der Waals surface area contributed by atoms with E-state index in [0.717, 1.165) is 19.4 Å². The van der Waals surface area contributed by atoms with E-state index in [4.69, 9.17) is 10.5 Å². The summed E-state index contributed by atoms with van der Waals surface area (Å²) in [5, 5.41) is 2.93. The molecule has 0 saturated heterocycles. The first-order chi connectivity index (χ1) is 7.87. The molecule has 0 spiro atoms. The zero-order valence-electron chi connectivity index (χ0n) is 11.3. The lowest BCUT2D eigenvalue weighted by Gasteiger charge is -2.27. The average Bonchev–Trinajstić information content (AvgIpc) is 2.23. The third-order valence-corrected chi connectivity index (χ3v) is 3.05. The van der Waals surface area contributed by atoms with Crippen molar-refractivity contribution in [2.24, 2.45) is 11.7 Å². The van der Waals surface area contributed by atoms with Crippen molar-refractivity contribution in [3.05, 3.63) is 0 Å². The summed E-state index contributed by atoms with van der Waals surface area (Å²) in [6, 6.07) is 0.316. The second-order valence-electron chi connectivity index (χ2n) is 6.00. The fourth-order valence-corrected chi connectivity index (χ4v) is 2.11. The summed E-state index contributed by atoms with van der Waals surface area (Å²) in [4.78, 5) is 11.5. The molecule has 17 heavy (non-hydrogen) atoms. The van der Waals surface area contributed by atoms with Gasteiger partial charge >= 0.3 is 0 Å². The number of ether oxygens (including phenoxy) is 1. The fourth-order valence-electron chi connectivity index (χ4n) is 2.11. The molecule has 2 unspecified atom stereocenters. The molecule has 1 amide bonds. The lowest BCUT2D eigenvalue weighted by molar-refractivity contribution is -0.130. The molecule has 1 aliphatic rings. The van der Waals surface area contributed by atoms with E-state index in [2.05, 4.69) is 5.32 Å². The molecule has 3 N–H and O–H groups in total. The van der Waals surface area contributed by atoms with E-state index in [1.165, 1.54) is 12.8 Å². The first-order valence-corrected chi connectivity index (χ1v) is 6.53. The van der Waals surface area contributed by atoms with Gasteiger partial charge in [-0.05, 0) is 46.0 Å². The predicted molar refractivity (Wildman–Crippen MR) is 68.6 cm³/mol. The third kappa shape index (κ3) is 6.64. The van der Waals surface area contributed by atoms with Crippen molar-refractivity contribution in [3.8, 4) is 0 Å². The standard InChI is InChI=1S/C13H26N2O2/c1-13(2,3)17-9-12(16)15-8-10-5-4-6-11(14)7-10/h10-11H,4-9,14H2,1-3H3,(H,15,16). The van der Waals surface area contributed by atoms with Crippen LogP contribution in [0.5, 0.6) is 0 Å². The Balaban J connectivity index is 2.15. The molecular formula is C13H26N2O2. The van der Waals surface area contributed by atoms with Gasteiger partial charge in [0.25, 0.3) is 0 Å². The highest BCUT2D eigenvalue weighted by Crippen LogP contribution is 2.22. The minimum atomic E-state index is -0.259. The summed E-state index contributed by atoms with van der Waals surface area (Å²) in [6.45, 7) is 6.71. The summed E-state index contributed by atoms with van der Waals surface area (Å²) in [5.74, 6) is 0.511. The predicted octanol–water partition coefficient (Wildman–Crippen LogP) is 1.44. The van der Waals surface area contributed by atoms with Crippen LogP contribution in [0.1, 0.15) is 46.5 Å². The lowest BCUT2D eigenvalue weighted by atomic mass is 9.86. The second-order valence-corrected chi connectivity index (χ2v) is 6.00. The van der Waals surface area contributed by atoms with E-state index >= 15 is 0 Å². The molecule has 0 radical (unpaired) electrons. The summed E-state index contributed by atoms with van der Waals surface area (Å²) in [5.41, 5.74) is 5.65. The van der Waals surface area contributed by atoms with Crippen molar-refractivity contribution in [1.82, 2.24) is 5.32 Å². The van der Waals surface area contributed by atoms with Gasteiger partial charge in [0.2, 0.25) is 5.91 Å². The molecular weight excluding hydrogens is 216 g/mol. The van der Waals surface area contributed by atoms with Crippen LogP contribution in [0.4, 0.5) is 0 Å². The Morgan fingerprint density at radius 3 is 2.71 bits per heavy atom.